The predicted molar refractivity (Wildman–Crippen MR) is 39.6 cm³/mol. The molecule has 0 spiro atoms. The smallest absolute Gasteiger partial charge is 1.00 e. The third kappa shape index (κ3) is 8.65. The number of carbonyl (C=O) groups is 1. The number of hydrogen-bond acceptors (Lipinski definition) is 3. The summed E-state index contributed by atoms with van der Waals surface area (Å²) < 4.78 is 4.96. The van der Waals surface area contributed by atoms with E-state index in [0.717, 1.165) is 0 Å². The summed E-state index contributed by atoms with van der Waals surface area (Å²) in [5, 5.41) is 0. The summed E-state index contributed by atoms with van der Waals surface area (Å²) in [6, 6.07) is 0. The molecule has 0 aromatic heterocycles. The third-order valence-electron chi connectivity index (χ3n) is 0.587. The summed E-state index contributed by atoms with van der Waals surface area (Å²) in [6.07, 6.45) is 0. The Morgan fingerprint density at radius 1 is 1.60 bits per heavy atom. The molecule has 0 aliphatic heterocycles. The second-order valence-corrected chi connectivity index (χ2v) is 7.22. The van der Waals surface area contributed by atoms with Crippen molar-refractivity contribution in [3.8, 4) is 0 Å². The van der Waals surface area contributed by atoms with Gasteiger partial charge in [0.05, 0.1) is 6.54 Å². The van der Waals surface area contributed by atoms with Crippen molar-refractivity contribution in [2.75, 3.05) is 6.54 Å². The topological polar surface area (TPSA) is 52.3 Å². The summed E-state index contributed by atoms with van der Waals surface area (Å²) in [5.74, 6) is -0.297. The molecular formula is C5H14NNaO2Si. The summed E-state index contributed by atoms with van der Waals surface area (Å²) in [5.41, 5.74) is 5.03. The molecule has 0 rings (SSSR count). The van der Waals surface area contributed by atoms with Crippen LogP contribution in [0.2, 0.25) is 19.6 Å². The maximum absolute atomic E-state index is 10.5. The van der Waals surface area contributed by atoms with E-state index >= 15 is 0 Å². The van der Waals surface area contributed by atoms with Crippen molar-refractivity contribution in [3.63, 3.8) is 0 Å². The van der Waals surface area contributed by atoms with Crippen LogP contribution in [-0.2, 0) is 9.22 Å². The zero-order chi connectivity index (χ0) is 7.49. The van der Waals surface area contributed by atoms with Crippen molar-refractivity contribution in [2.45, 2.75) is 19.6 Å². The van der Waals surface area contributed by atoms with Gasteiger partial charge in [-0.3, -0.25) is 4.79 Å². The molecule has 0 aliphatic rings. The van der Waals surface area contributed by atoms with Crippen LogP contribution in [0, 0.1) is 0 Å². The van der Waals surface area contributed by atoms with Crippen LogP contribution in [0.25, 0.3) is 0 Å². The normalized spacial score (nSPS) is 10.0. The van der Waals surface area contributed by atoms with Crippen molar-refractivity contribution in [3.05, 3.63) is 0 Å². The van der Waals surface area contributed by atoms with E-state index in [9.17, 15) is 4.79 Å². The maximum Gasteiger partial charge on any atom is 1.00 e. The molecule has 0 heterocycles. The number of nitrogens with two attached hydrogens (primary N) is 1. The largest absolute Gasteiger partial charge is 1.00 e. The molecule has 0 unspecified atom stereocenters. The monoisotopic (exact) mass is 171 g/mol. The number of carbonyl (C=O) groups excluding carboxylic acids is 1. The van der Waals surface area contributed by atoms with Gasteiger partial charge in [0.2, 0.25) is 8.32 Å². The van der Waals surface area contributed by atoms with Gasteiger partial charge >= 0.3 is 35.5 Å². The summed E-state index contributed by atoms with van der Waals surface area (Å²) in [6.45, 7) is 5.83. The molecule has 0 fully saturated rings. The Morgan fingerprint density at radius 2 is 2.00 bits per heavy atom. The first-order chi connectivity index (χ1) is 3.95. The Bertz CT molecular complexity index is 118. The van der Waals surface area contributed by atoms with Crippen molar-refractivity contribution in [1.82, 2.24) is 0 Å². The minimum Gasteiger partial charge on any atom is -1.00 e. The average Bonchev–Trinajstić information content (AvgIpc) is 1.62. The van der Waals surface area contributed by atoms with E-state index in [1.54, 1.807) is 0 Å². The minimum atomic E-state index is -1.67. The molecule has 0 aromatic carbocycles. The molecule has 0 saturated carbocycles. The van der Waals surface area contributed by atoms with Crippen molar-refractivity contribution < 1.29 is 40.2 Å². The summed E-state index contributed by atoms with van der Waals surface area (Å²) in [4.78, 5) is 10.5. The van der Waals surface area contributed by atoms with Crippen molar-refractivity contribution in [2.24, 2.45) is 5.73 Å². The first-order valence-electron chi connectivity index (χ1n) is 2.87. The fourth-order valence-electron chi connectivity index (χ4n) is 0.383. The fourth-order valence-corrected chi connectivity index (χ4v) is 1.15. The van der Waals surface area contributed by atoms with Crippen molar-refractivity contribution >= 4 is 14.3 Å². The molecule has 5 heteroatoms. The van der Waals surface area contributed by atoms with Gasteiger partial charge in [0.1, 0.15) is 0 Å². The maximum atomic E-state index is 10.5. The van der Waals surface area contributed by atoms with Gasteiger partial charge in [0, 0.05) is 0 Å². The first-order valence-corrected chi connectivity index (χ1v) is 6.28. The number of hydrogen-bond donors (Lipinski definition) is 1. The van der Waals surface area contributed by atoms with E-state index in [4.69, 9.17) is 10.2 Å². The molecule has 0 radical (unpaired) electrons. The molecular weight excluding hydrogens is 157 g/mol. The van der Waals surface area contributed by atoms with Crippen LogP contribution < -0.4 is 35.3 Å². The summed E-state index contributed by atoms with van der Waals surface area (Å²) in [7, 11) is -1.67. The zero-order valence-electron chi connectivity index (χ0n) is 8.10. The molecule has 0 atom stereocenters. The van der Waals surface area contributed by atoms with Crippen molar-refractivity contribution in [1.29, 1.82) is 0 Å². The molecule has 0 amide bonds. The predicted octanol–water partition coefficient (Wildman–Crippen LogP) is -2.56. The number of rotatable bonds is 2. The van der Waals surface area contributed by atoms with Crippen LogP contribution in [0.1, 0.15) is 1.43 Å². The van der Waals surface area contributed by atoms with E-state index in [1.807, 2.05) is 19.6 Å². The Hall–Kier alpha value is 0.647. The van der Waals surface area contributed by atoms with Gasteiger partial charge in [0.15, 0.2) is 0 Å². The quantitative estimate of drug-likeness (QED) is 0.465. The van der Waals surface area contributed by atoms with Crippen LogP contribution >= 0.6 is 0 Å². The fraction of sp³-hybridized carbons (Fsp3) is 0.800. The van der Waals surface area contributed by atoms with Gasteiger partial charge in [-0.25, -0.2) is 0 Å². The minimum absolute atomic E-state index is 0. The van der Waals surface area contributed by atoms with Crippen LogP contribution in [0.5, 0.6) is 0 Å². The van der Waals surface area contributed by atoms with Crippen LogP contribution in [-0.4, -0.2) is 20.8 Å². The van der Waals surface area contributed by atoms with E-state index in [0.29, 0.717) is 0 Å². The van der Waals surface area contributed by atoms with Gasteiger partial charge < -0.3 is 11.6 Å². The molecule has 0 aliphatic carbocycles. The van der Waals surface area contributed by atoms with Gasteiger partial charge in [-0.15, -0.1) is 0 Å². The van der Waals surface area contributed by atoms with Crippen LogP contribution in [0.3, 0.4) is 0 Å². The SMILES string of the molecule is C[Si](C)(C)OC(=O)CN.[H-].[Na+]. The Kier molecular flexibility index (Phi) is 7.05. The Morgan fingerprint density at radius 3 is 2.10 bits per heavy atom. The molecule has 3 nitrogen and oxygen atoms in total. The Labute approximate surface area is 86.2 Å². The van der Waals surface area contributed by atoms with Gasteiger partial charge in [0.25, 0.3) is 0 Å². The van der Waals surface area contributed by atoms with Crippen LogP contribution in [0.15, 0.2) is 0 Å². The average molecular weight is 171 g/mol. The Balaban J connectivity index is -0.000000320. The van der Waals surface area contributed by atoms with E-state index in [-0.39, 0.29) is 43.5 Å². The molecule has 2 N–H and O–H groups in total. The van der Waals surface area contributed by atoms with Gasteiger partial charge in [-0.2, -0.15) is 0 Å². The molecule has 0 aromatic rings. The third-order valence-corrected chi connectivity index (χ3v) is 1.43. The molecule has 10 heavy (non-hydrogen) atoms. The zero-order valence-corrected chi connectivity index (χ0v) is 10.1. The van der Waals surface area contributed by atoms with Gasteiger partial charge in [-0.05, 0) is 19.6 Å². The van der Waals surface area contributed by atoms with Crippen LogP contribution in [0.4, 0.5) is 0 Å². The first kappa shape index (κ1) is 13.3. The van der Waals surface area contributed by atoms with E-state index in [1.165, 1.54) is 0 Å². The van der Waals surface area contributed by atoms with Gasteiger partial charge in [-0.1, -0.05) is 0 Å². The second-order valence-electron chi connectivity index (χ2n) is 2.79. The van der Waals surface area contributed by atoms with E-state index in [2.05, 4.69) is 0 Å². The molecule has 0 saturated heterocycles. The second kappa shape index (κ2) is 5.32. The standard InChI is InChI=1S/C5H13NO2Si.Na.H/c1-9(2,3)8-5(7)4-6;;/h4,6H2,1-3H3;;/q;+1;-1. The molecule has 0 bridgehead atoms. The summed E-state index contributed by atoms with van der Waals surface area (Å²) >= 11 is 0. The molecule has 56 valence electrons. The van der Waals surface area contributed by atoms with E-state index < -0.39 is 8.32 Å².